The molecule has 2 N–H and O–H groups in total. The van der Waals surface area contributed by atoms with Gasteiger partial charge in [-0.1, -0.05) is 24.3 Å². The first-order valence-electron chi connectivity index (χ1n) is 6.07. The molecular formula is C14H19NO2. The van der Waals surface area contributed by atoms with Gasteiger partial charge in [0.2, 0.25) is 0 Å². The number of nitrogens with one attached hydrogen (secondary N) is 1. The molecule has 2 rings (SSSR count). The molecule has 1 saturated heterocycles. The predicted molar refractivity (Wildman–Crippen MR) is 67.3 cm³/mol. The predicted octanol–water partition coefficient (Wildman–Crippen LogP) is 2.13. The molecule has 1 aromatic rings. The Labute approximate surface area is 102 Å². The van der Waals surface area contributed by atoms with E-state index in [0.717, 1.165) is 25.1 Å². The third-order valence-electron chi connectivity index (χ3n) is 3.67. The van der Waals surface area contributed by atoms with Crippen molar-refractivity contribution in [3.63, 3.8) is 0 Å². The molecule has 1 aliphatic heterocycles. The van der Waals surface area contributed by atoms with Crippen molar-refractivity contribution in [3.05, 3.63) is 35.4 Å². The van der Waals surface area contributed by atoms with Crippen LogP contribution in [0.4, 0.5) is 0 Å². The van der Waals surface area contributed by atoms with Crippen LogP contribution in [0.15, 0.2) is 24.3 Å². The van der Waals surface area contributed by atoms with E-state index in [4.69, 9.17) is 0 Å². The lowest BCUT2D eigenvalue weighted by atomic mass is 9.78. The largest absolute Gasteiger partial charge is 0.481 e. The van der Waals surface area contributed by atoms with Gasteiger partial charge in [-0.15, -0.1) is 0 Å². The fraction of sp³-hybridized carbons (Fsp3) is 0.500. The molecule has 1 heterocycles. The summed E-state index contributed by atoms with van der Waals surface area (Å²) >= 11 is 0. The molecule has 0 bridgehead atoms. The summed E-state index contributed by atoms with van der Waals surface area (Å²) in [6.45, 7) is 5.52. The summed E-state index contributed by atoms with van der Waals surface area (Å²) in [5, 5.41) is 12.7. The maximum absolute atomic E-state index is 11.4. The molecule has 1 aromatic carbocycles. The van der Waals surface area contributed by atoms with Crippen molar-refractivity contribution >= 4 is 5.97 Å². The van der Waals surface area contributed by atoms with E-state index in [1.54, 1.807) is 13.8 Å². The highest BCUT2D eigenvalue weighted by Gasteiger charge is 2.33. The van der Waals surface area contributed by atoms with Gasteiger partial charge in [0.15, 0.2) is 0 Å². The van der Waals surface area contributed by atoms with E-state index < -0.39 is 11.4 Å². The maximum atomic E-state index is 11.4. The SMILES string of the molecule is CC(C)(C(=O)O)c1ccccc1C1CCNC1. The number of rotatable bonds is 3. The van der Waals surface area contributed by atoms with Gasteiger partial charge in [0, 0.05) is 6.54 Å². The van der Waals surface area contributed by atoms with E-state index in [2.05, 4.69) is 11.4 Å². The van der Waals surface area contributed by atoms with Crippen molar-refractivity contribution in [2.45, 2.75) is 31.6 Å². The van der Waals surface area contributed by atoms with E-state index in [1.807, 2.05) is 18.2 Å². The van der Waals surface area contributed by atoms with Crippen LogP contribution in [-0.4, -0.2) is 24.2 Å². The fourth-order valence-corrected chi connectivity index (χ4v) is 2.46. The Morgan fingerprint density at radius 1 is 1.41 bits per heavy atom. The molecular weight excluding hydrogens is 214 g/mol. The van der Waals surface area contributed by atoms with Crippen molar-refractivity contribution in [1.82, 2.24) is 5.32 Å². The number of hydrogen-bond donors (Lipinski definition) is 2. The van der Waals surface area contributed by atoms with Crippen LogP contribution in [0, 0.1) is 0 Å². The molecule has 17 heavy (non-hydrogen) atoms. The Hall–Kier alpha value is -1.35. The summed E-state index contributed by atoms with van der Waals surface area (Å²) in [6, 6.07) is 7.93. The molecule has 0 radical (unpaired) electrons. The molecule has 1 aliphatic rings. The highest BCUT2D eigenvalue weighted by atomic mass is 16.4. The van der Waals surface area contributed by atoms with Gasteiger partial charge in [0.25, 0.3) is 0 Å². The minimum Gasteiger partial charge on any atom is -0.481 e. The second-order valence-corrected chi connectivity index (χ2v) is 5.21. The monoisotopic (exact) mass is 233 g/mol. The minimum atomic E-state index is -0.820. The van der Waals surface area contributed by atoms with Gasteiger partial charge in [-0.25, -0.2) is 0 Å². The average molecular weight is 233 g/mol. The average Bonchev–Trinajstić information content (AvgIpc) is 2.82. The van der Waals surface area contributed by atoms with Gasteiger partial charge in [0.1, 0.15) is 0 Å². The number of benzene rings is 1. The molecule has 0 spiro atoms. The van der Waals surface area contributed by atoms with Gasteiger partial charge in [0.05, 0.1) is 5.41 Å². The lowest BCUT2D eigenvalue weighted by Gasteiger charge is -2.25. The highest BCUT2D eigenvalue weighted by Crippen LogP contribution is 2.33. The van der Waals surface area contributed by atoms with Crippen LogP contribution in [0.1, 0.15) is 37.3 Å². The quantitative estimate of drug-likeness (QED) is 0.840. The zero-order valence-electron chi connectivity index (χ0n) is 10.4. The second kappa shape index (κ2) is 4.49. The van der Waals surface area contributed by atoms with E-state index in [0.29, 0.717) is 5.92 Å². The highest BCUT2D eigenvalue weighted by molar-refractivity contribution is 5.80. The number of carboxylic acids is 1. The Morgan fingerprint density at radius 2 is 2.12 bits per heavy atom. The minimum absolute atomic E-state index is 0.449. The number of hydrogen-bond acceptors (Lipinski definition) is 2. The molecule has 3 nitrogen and oxygen atoms in total. The first kappa shape index (κ1) is 12.1. The molecule has 1 unspecified atom stereocenters. The first-order chi connectivity index (χ1) is 8.03. The molecule has 1 atom stereocenters. The van der Waals surface area contributed by atoms with Crippen molar-refractivity contribution in [3.8, 4) is 0 Å². The zero-order valence-corrected chi connectivity index (χ0v) is 10.4. The van der Waals surface area contributed by atoms with Gasteiger partial charge < -0.3 is 10.4 Å². The van der Waals surface area contributed by atoms with E-state index in [-0.39, 0.29) is 0 Å². The lowest BCUT2D eigenvalue weighted by Crippen LogP contribution is -2.30. The van der Waals surface area contributed by atoms with Crippen LogP contribution in [0.5, 0.6) is 0 Å². The van der Waals surface area contributed by atoms with E-state index >= 15 is 0 Å². The molecule has 0 aliphatic carbocycles. The standard InChI is InChI=1S/C14H19NO2/c1-14(2,13(16)17)12-6-4-3-5-11(12)10-7-8-15-9-10/h3-6,10,15H,7-9H2,1-2H3,(H,16,17). The van der Waals surface area contributed by atoms with Crippen molar-refractivity contribution < 1.29 is 9.90 Å². The fourth-order valence-electron chi connectivity index (χ4n) is 2.46. The van der Waals surface area contributed by atoms with Crippen molar-refractivity contribution in [2.24, 2.45) is 0 Å². The van der Waals surface area contributed by atoms with Crippen LogP contribution in [0.2, 0.25) is 0 Å². The Bertz CT molecular complexity index is 420. The Morgan fingerprint density at radius 3 is 2.71 bits per heavy atom. The molecule has 0 aromatic heterocycles. The summed E-state index contributed by atoms with van der Waals surface area (Å²) in [6.07, 6.45) is 1.09. The molecule has 1 fully saturated rings. The summed E-state index contributed by atoms with van der Waals surface area (Å²) in [5.41, 5.74) is 1.31. The van der Waals surface area contributed by atoms with Gasteiger partial charge >= 0.3 is 5.97 Å². The summed E-state index contributed by atoms with van der Waals surface area (Å²) in [7, 11) is 0. The first-order valence-corrected chi connectivity index (χ1v) is 6.07. The smallest absolute Gasteiger partial charge is 0.313 e. The van der Waals surface area contributed by atoms with Crippen LogP contribution < -0.4 is 5.32 Å². The zero-order chi connectivity index (χ0) is 12.5. The van der Waals surface area contributed by atoms with Crippen molar-refractivity contribution in [1.29, 1.82) is 0 Å². The van der Waals surface area contributed by atoms with Crippen LogP contribution in [0.3, 0.4) is 0 Å². The van der Waals surface area contributed by atoms with Gasteiger partial charge in [-0.2, -0.15) is 0 Å². The van der Waals surface area contributed by atoms with E-state index in [1.165, 1.54) is 5.56 Å². The van der Waals surface area contributed by atoms with Gasteiger partial charge in [-0.05, 0) is 43.9 Å². The van der Waals surface area contributed by atoms with E-state index in [9.17, 15) is 9.90 Å². The molecule has 0 amide bonds. The second-order valence-electron chi connectivity index (χ2n) is 5.21. The Kier molecular flexibility index (Phi) is 3.20. The molecule has 92 valence electrons. The molecule has 3 heteroatoms. The summed E-state index contributed by atoms with van der Waals surface area (Å²) in [4.78, 5) is 11.4. The van der Waals surface area contributed by atoms with Crippen LogP contribution >= 0.6 is 0 Å². The summed E-state index contributed by atoms with van der Waals surface area (Å²) in [5.74, 6) is -0.319. The summed E-state index contributed by atoms with van der Waals surface area (Å²) < 4.78 is 0. The number of carboxylic acid groups (broad SMARTS) is 1. The van der Waals surface area contributed by atoms with Crippen molar-refractivity contribution in [2.75, 3.05) is 13.1 Å². The number of carbonyl (C=O) groups is 1. The normalized spacial score (nSPS) is 20.5. The lowest BCUT2D eigenvalue weighted by molar-refractivity contribution is -0.142. The van der Waals surface area contributed by atoms with Crippen LogP contribution in [0.25, 0.3) is 0 Å². The third kappa shape index (κ3) is 2.20. The van der Waals surface area contributed by atoms with Crippen LogP contribution in [-0.2, 0) is 10.2 Å². The molecule has 0 saturated carbocycles. The third-order valence-corrected chi connectivity index (χ3v) is 3.67. The topological polar surface area (TPSA) is 49.3 Å². The number of aliphatic carboxylic acids is 1. The maximum Gasteiger partial charge on any atom is 0.313 e. The van der Waals surface area contributed by atoms with Gasteiger partial charge in [-0.3, -0.25) is 4.79 Å². The Balaban J connectivity index is 2.43.